The first-order chi connectivity index (χ1) is 7.99. The first-order valence-electron chi connectivity index (χ1n) is 4.52. The molecule has 7 heteroatoms. The molecular weight excluding hydrogens is 236 g/mol. The van der Waals surface area contributed by atoms with Crippen molar-refractivity contribution in [1.82, 2.24) is 0 Å². The average Bonchev–Trinajstić information content (AvgIpc) is 2.26. The predicted octanol–water partition coefficient (Wildman–Crippen LogP) is 1.35. The molecule has 0 fully saturated rings. The van der Waals surface area contributed by atoms with Crippen LogP contribution >= 0.6 is 0 Å². The Morgan fingerprint density at radius 3 is 2.71 bits per heavy atom. The van der Waals surface area contributed by atoms with Gasteiger partial charge < -0.3 is 15.2 Å². The number of carboxylic acid groups (broad SMARTS) is 1. The van der Waals surface area contributed by atoms with E-state index >= 15 is 0 Å². The van der Waals surface area contributed by atoms with E-state index in [9.17, 15) is 18.4 Å². The van der Waals surface area contributed by atoms with Crippen molar-refractivity contribution < 1.29 is 28.2 Å². The van der Waals surface area contributed by atoms with Gasteiger partial charge >= 0.3 is 12.4 Å². The molecule has 0 aromatic heterocycles. The normalized spacial score (nSPS) is 10.1. The number of ether oxygens (including phenoxy) is 1. The second-order valence-corrected chi connectivity index (χ2v) is 3.00. The third kappa shape index (κ3) is 4.45. The maximum atomic E-state index is 11.9. The van der Waals surface area contributed by atoms with E-state index < -0.39 is 24.9 Å². The van der Waals surface area contributed by atoms with Crippen molar-refractivity contribution in [2.45, 2.75) is 6.43 Å². The van der Waals surface area contributed by atoms with Gasteiger partial charge in [-0.05, 0) is 12.1 Å². The molecule has 0 aliphatic carbocycles. The maximum absolute atomic E-state index is 11.9. The standard InChI is InChI=1S/C10H9F2NO4/c11-9(12)10(16)13-6-2-1-3-7(4-6)17-5-8(14)15/h1-4,9H,5H2,(H,13,16)(H,14,15). The summed E-state index contributed by atoms with van der Waals surface area (Å²) in [6.45, 7) is -0.549. The van der Waals surface area contributed by atoms with Gasteiger partial charge in [0.1, 0.15) is 5.75 Å². The number of hydrogen-bond donors (Lipinski definition) is 2. The second kappa shape index (κ2) is 5.78. The Balaban J connectivity index is 2.65. The van der Waals surface area contributed by atoms with Crippen molar-refractivity contribution in [2.75, 3.05) is 11.9 Å². The van der Waals surface area contributed by atoms with Crippen LogP contribution in [0.5, 0.6) is 5.75 Å². The van der Waals surface area contributed by atoms with E-state index in [0.717, 1.165) is 0 Å². The monoisotopic (exact) mass is 245 g/mol. The van der Waals surface area contributed by atoms with Crippen LogP contribution in [-0.2, 0) is 9.59 Å². The second-order valence-electron chi connectivity index (χ2n) is 3.00. The number of amides is 1. The van der Waals surface area contributed by atoms with Gasteiger partial charge in [-0.1, -0.05) is 6.07 Å². The van der Waals surface area contributed by atoms with Gasteiger partial charge in [-0.3, -0.25) is 4.79 Å². The number of nitrogens with one attached hydrogen (secondary N) is 1. The van der Waals surface area contributed by atoms with E-state index in [1.807, 2.05) is 5.32 Å². The molecule has 0 saturated heterocycles. The van der Waals surface area contributed by atoms with Crippen LogP contribution in [0.4, 0.5) is 14.5 Å². The summed E-state index contributed by atoms with van der Waals surface area (Å²) in [5.74, 6) is -2.42. The minimum absolute atomic E-state index is 0.109. The molecule has 1 rings (SSSR count). The molecule has 0 bridgehead atoms. The highest BCUT2D eigenvalue weighted by Gasteiger charge is 2.15. The fraction of sp³-hybridized carbons (Fsp3) is 0.200. The minimum Gasteiger partial charge on any atom is -0.482 e. The maximum Gasteiger partial charge on any atom is 0.341 e. The van der Waals surface area contributed by atoms with Gasteiger partial charge in [-0.2, -0.15) is 8.78 Å². The largest absolute Gasteiger partial charge is 0.482 e. The molecule has 0 saturated carbocycles. The summed E-state index contributed by atoms with van der Waals surface area (Å²) < 4.78 is 28.7. The smallest absolute Gasteiger partial charge is 0.341 e. The number of carbonyl (C=O) groups is 2. The molecule has 0 atom stereocenters. The molecule has 5 nitrogen and oxygen atoms in total. The van der Waals surface area contributed by atoms with Gasteiger partial charge in [0.05, 0.1) is 0 Å². The van der Waals surface area contributed by atoms with Gasteiger partial charge in [0.2, 0.25) is 0 Å². The van der Waals surface area contributed by atoms with Gasteiger partial charge in [0, 0.05) is 11.8 Å². The van der Waals surface area contributed by atoms with Crippen molar-refractivity contribution in [3.63, 3.8) is 0 Å². The topological polar surface area (TPSA) is 75.6 Å². The number of hydrogen-bond acceptors (Lipinski definition) is 3. The van der Waals surface area contributed by atoms with E-state index in [0.29, 0.717) is 0 Å². The molecule has 0 heterocycles. The van der Waals surface area contributed by atoms with Gasteiger partial charge in [0.25, 0.3) is 5.91 Å². The zero-order valence-electron chi connectivity index (χ0n) is 8.52. The molecule has 17 heavy (non-hydrogen) atoms. The fourth-order valence-corrected chi connectivity index (χ4v) is 1.01. The first kappa shape index (κ1) is 12.9. The quantitative estimate of drug-likeness (QED) is 0.821. The summed E-state index contributed by atoms with van der Waals surface area (Å²) in [7, 11) is 0. The molecule has 1 aromatic rings. The number of rotatable bonds is 5. The van der Waals surface area contributed by atoms with Gasteiger partial charge in [0.15, 0.2) is 6.61 Å². The molecule has 0 aliphatic heterocycles. The van der Waals surface area contributed by atoms with E-state index in [4.69, 9.17) is 9.84 Å². The lowest BCUT2D eigenvalue weighted by Crippen LogP contribution is -2.20. The molecule has 1 amide bonds. The predicted molar refractivity (Wildman–Crippen MR) is 54.2 cm³/mol. The lowest BCUT2D eigenvalue weighted by Gasteiger charge is -2.07. The van der Waals surface area contributed by atoms with Gasteiger partial charge in [-0.25, -0.2) is 4.79 Å². The van der Waals surface area contributed by atoms with Crippen molar-refractivity contribution in [2.24, 2.45) is 0 Å². The van der Waals surface area contributed by atoms with Crippen molar-refractivity contribution in [3.05, 3.63) is 24.3 Å². The summed E-state index contributed by atoms with van der Waals surface area (Å²) in [6, 6.07) is 5.52. The van der Waals surface area contributed by atoms with Crippen LogP contribution in [0.2, 0.25) is 0 Å². The number of benzene rings is 1. The fourth-order valence-electron chi connectivity index (χ4n) is 1.01. The minimum atomic E-state index is -3.11. The Morgan fingerprint density at radius 2 is 2.12 bits per heavy atom. The Hall–Kier alpha value is -2.18. The number of carboxylic acids is 1. The van der Waals surface area contributed by atoms with Crippen LogP contribution in [0, 0.1) is 0 Å². The highest BCUT2D eigenvalue weighted by Crippen LogP contribution is 2.17. The molecule has 0 spiro atoms. The third-order valence-corrected chi connectivity index (χ3v) is 1.66. The van der Waals surface area contributed by atoms with Crippen LogP contribution in [0.15, 0.2) is 24.3 Å². The van der Waals surface area contributed by atoms with E-state index in [1.54, 1.807) is 0 Å². The van der Waals surface area contributed by atoms with Crippen LogP contribution in [-0.4, -0.2) is 30.0 Å². The number of halogens is 2. The SMILES string of the molecule is O=C(O)COc1cccc(NC(=O)C(F)F)c1. The Morgan fingerprint density at radius 1 is 1.41 bits per heavy atom. The van der Waals surface area contributed by atoms with Crippen molar-refractivity contribution >= 4 is 17.6 Å². The molecular formula is C10H9F2NO4. The highest BCUT2D eigenvalue weighted by molar-refractivity contribution is 5.93. The summed E-state index contributed by atoms with van der Waals surface area (Å²) >= 11 is 0. The lowest BCUT2D eigenvalue weighted by atomic mass is 10.3. The molecule has 0 radical (unpaired) electrons. The number of anilines is 1. The number of carbonyl (C=O) groups excluding carboxylic acids is 1. The van der Waals surface area contributed by atoms with Crippen LogP contribution in [0.25, 0.3) is 0 Å². The Kier molecular flexibility index (Phi) is 4.38. The zero-order chi connectivity index (χ0) is 12.8. The van der Waals surface area contributed by atoms with Crippen molar-refractivity contribution in [3.8, 4) is 5.75 Å². The molecule has 2 N–H and O–H groups in total. The van der Waals surface area contributed by atoms with Gasteiger partial charge in [-0.15, -0.1) is 0 Å². The number of alkyl halides is 2. The molecule has 1 aromatic carbocycles. The third-order valence-electron chi connectivity index (χ3n) is 1.66. The lowest BCUT2D eigenvalue weighted by molar-refractivity contribution is -0.139. The summed E-state index contributed by atoms with van der Waals surface area (Å²) in [5.41, 5.74) is 0.109. The summed E-state index contributed by atoms with van der Waals surface area (Å²) in [4.78, 5) is 20.9. The molecule has 92 valence electrons. The zero-order valence-corrected chi connectivity index (χ0v) is 8.52. The van der Waals surface area contributed by atoms with E-state index in [-0.39, 0.29) is 11.4 Å². The Labute approximate surface area is 95.0 Å². The van der Waals surface area contributed by atoms with Crippen LogP contribution < -0.4 is 10.1 Å². The van der Waals surface area contributed by atoms with E-state index in [2.05, 4.69) is 0 Å². The Bertz CT molecular complexity index is 423. The van der Waals surface area contributed by atoms with Crippen LogP contribution in [0.3, 0.4) is 0 Å². The first-order valence-corrected chi connectivity index (χ1v) is 4.52. The summed E-state index contributed by atoms with van der Waals surface area (Å²) in [5, 5.41) is 10.3. The average molecular weight is 245 g/mol. The highest BCUT2D eigenvalue weighted by atomic mass is 19.3. The summed E-state index contributed by atoms with van der Waals surface area (Å²) in [6.07, 6.45) is -3.11. The van der Waals surface area contributed by atoms with Crippen LogP contribution in [0.1, 0.15) is 0 Å². The number of aliphatic carboxylic acids is 1. The molecule has 0 unspecified atom stereocenters. The van der Waals surface area contributed by atoms with Crippen molar-refractivity contribution in [1.29, 1.82) is 0 Å². The molecule has 0 aliphatic rings. The van der Waals surface area contributed by atoms with E-state index in [1.165, 1.54) is 24.3 Å².